The molecule has 5 nitrogen and oxygen atoms in total. The fraction of sp³-hybridized carbons (Fsp3) is 0.550. The third-order valence-corrected chi connectivity index (χ3v) is 5.33. The second-order valence-electron chi connectivity index (χ2n) is 7.74. The predicted molar refractivity (Wildman–Crippen MR) is 108 cm³/mol. The number of carbonyl (C=O) groups excluding carboxylic acids is 1. The van der Waals surface area contributed by atoms with E-state index in [0.29, 0.717) is 5.75 Å². The van der Waals surface area contributed by atoms with Crippen molar-refractivity contribution in [2.24, 2.45) is 7.05 Å². The maximum absolute atomic E-state index is 12.0. The van der Waals surface area contributed by atoms with Gasteiger partial charge in [-0.15, -0.1) is 10.2 Å². The highest BCUT2D eigenvalue weighted by Gasteiger charge is 2.16. The first kappa shape index (κ1) is 20.5. The molecule has 0 fully saturated rings. The van der Waals surface area contributed by atoms with Gasteiger partial charge in [0.25, 0.3) is 0 Å². The van der Waals surface area contributed by atoms with Crippen LogP contribution in [0.5, 0.6) is 0 Å². The fourth-order valence-electron chi connectivity index (χ4n) is 2.76. The summed E-state index contributed by atoms with van der Waals surface area (Å²) in [4.78, 5) is 12.0. The van der Waals surface area contributed by atoms with Gasteiger partial charge in [0.15, 0.2) is 11.0 Å². The van der Waals surface area contributed by atoms with Gasteiger partial charge in [-0.3, -0.25) is 4.79 Å². The van der Waals surface area contributed by atoms with E-state index < -0.39 is 0 Å². The summed E-state index contributed by atoms with van der Waals surface area (Å²) >= 11 is 1.42. The number of carbonyl (C=O) groups is 1. The Morgan fingerprint density at radius 2 is 1.88 bits per heavy atom. The van der Waals surface area contributed by atoms with E-state index in [4.69, 9.17) is 0 Å². The second kappa shape index (κ2) is 8.71. The molecule has 26 heavy (non-hydrogen) atoms. The molecule has 0 aliphatic heterocycles. The lowest BCUT2D eigenvalue weighted by molar-refractivity contribution is -0.119. The molecule has 1 amide bonds. The molecule has 142 valence electrons. The molecule has 2 aromatic rings. The molecule has 1 heterocycles. The molecule has 1 atom stereocenters. The molecule has 1 N–H and O–H groups in total. The van der Waals surface area contributed by atoms with Crippen LogP contribution >= 0.6 is 11.8 Å². The van der Waals surface area contributed by atoms with Gasteiger partial charge in [-0.25, -0.2) is 0 Å². The molecule has 0 saturated heterocycles. The maximum Gasteiger partial charge on any atom is 0.230 e. The van der Waals surface area contributed by atoms with Crippen LogP contribution in [0, 0.1) is 0 Å². The molecule has 0 aliphatic rings. The summed E-state index contributed by atoms with van der Waals surface area (Å²) in [5.41, 5.74) is 2.44. The molecule has 2 rings (SSSR count). The third kappa shape index (κ3) is 5.34. The molecule has 6 heteroatoms. The highest BCUT2D eigenvalue weighted by Crippen LogP contribution is 2.26. The SMILES string of the molecule is CCC[C@@H](C)NC(=O)CSc1nnc(-c2ccc(C(C)(C)C)cc2)n1C. The minimum absolute atomic E-state index is 0.0371. The minimum atomic E-state index is 0.0371. The molecule has 1 aromatic heterocycles. The Morgan fingerprint density at radius 3 is 2.46 bits per heavy atom. The van der Waals surface area contributed by atoms with E-state index in [9.17, 15) is 4.79 Å². The average molecular weight is 375 g/mol. The van der Waals surface area contributed by atoms with Crippen molar-refractivity contribution in [1.29, 1.82) is 0 Å². The largest absolute Gasteiger partial charge is 0.353 e. The Bertz CT molecular complexity index is 731. The van der Waals surface area contributed by atoms with E-state index in [1.54, 1.807) is 0 Å². The normalized spacial score (nSPS) is 12.8. The van der Waals surface area contributed by atoms with Crippen LogP contribution in [0.4, 0.5) is 0 Å². The lowest BCUT2D eigenvalue weighted by atomic mass is 9.87. The van der Waals surface area contributed by atoms with Crippen molar-refractivity contribution in [2.75, 3.05) is 5.75 Å². The van der Waals surface area contributed by atoms with Gasteiger partial charge >= 0.3 is 0 Å². The minimum Gasteiger partial charge on any atom is -0.353 e. The van der Waals surface area contributed by atoms with Gasteiger partial charge in [-0.1, -0.05) is 70.1 Å². The molecular formula is C20H30N4OS. The summed E-state index contributed by atoms with van der Waals surface area (Å²) in [6.45, 7) is 10.8. The summed E-state index contributed by atoms with van der Waals surface area (Å²) < 4.78 is 1.94. The smallest absolute Gasteiger partial charge is 0.230 e. The van der Waals surface area contributed by atoms with Crippen LogP contribution < -0.4 is 5.32 Å². The van der Waals surface area contributed by atoms with Crippen molar-refractivity contribution in [3.63, 3.8) is 0 Å². The Hall–Kier alpha value is -1.82. The van der Waals surface area contributed by atoms with Gasteiger partial charge in [0, 0.05) is 18.7 Å². The molecule has 0 saturated carbocycles. The number of hydrogen-bond donors (Lipinski definition) is 1. The first-order valence-corrected chi connectivity index (χ1v) is 10.1. The summed E-state index contributed by atoms with van der Waals surface area (Å²) in [5.74, 6) is 1.20. The quantitative estimate of drug-likeness (QED) is 0.739. The Balaban J connectivity index is 2.02. The Morgan fingerprint density at radius 1 is 1.23 bits per heavy atom. The number of nitrogens with zero attached hydrogens (tertiary/aromatic N) is 3. The molecule has 0 spiro atoms. The molecule has 1 aromatic carbocycles. The van der Waals surface area contributed by atoms with Crippen LogP contribution in [-0.2, 0) is 17.3 Å². The summed E-state index contributed by atoms with van der Waals surface area (Å²) in [6, 6.07) is 8.65. The first-order valence-electron chi connectivity index (χ1n) is 9.14. The van der Waals surface area contributed by atoms with Crippen LogP contribution in [0.2, 0.25) is 0 Å². The van der Waals surface area contributed by atoms with E-state index in [1.165, 1.54) is 17.3 Å². The van der Waals surface area contributed by atoms with Gasteiger partial charge in [-0.05, 0) is 24.3 Å². The zero-order valence-electron chi connectivity index (χ0n) is 16.7. The number of aromatic nitrogens is 3. The molecule has 0 radical (unpaired) electrons. The monoisotopic (exact) mass is 374 g/mol. The van der Waals surface area contributed by atoms with Crippen molar-refractivity contribution >= 4 is 17.7 Å². The van der Waals surface area contributed by atoms with Crippen molar-refractivity contribution in [2.45, 2.75) is 64.1 Å². The number of hydrogen-bond acceptors (Lipinski definition) is 4. The molecule has 0 unspecified atom stereocenters. The fourth-order valence-corrected chi connectivity index (χ4v) is 3.49. The summed E-state index contributed by atoms with van der Waals surface area (Å²) in [5, 5.41) is 12.3. The predicted octanol–water partition coefficient (Wildman–Crippen LogP) is 4.18. The lowest BCUT2D eigenvalue weighted by Crippen LogP contribution is -2.33. The van der Waals surface area contributed by atoms with Crippen molar-refractivity contribution < 1.29 is 4.79 Å². The Labute approximate surface area is 161 Å². The van der Waals surface area contributed by atoms with Gasteiger partial charge in [0.1, 0.15) is 0 Å². The van der Waals surface area contributed by atoms with Crippen LogP contribution in [0.25, 0.3) is 11.4 Å². The topological polar surface area (TPSA) is 59.8 Å². The van der Waals surface area contributed by atoms with E-state index >= 15 is 0 Å². The van der Waals surface area contributed by atoms with Crippen molar-refractivity contribution in [1.82, 2.24) is 20.1 Å². The van der Waals surface area contributed by atoms with E-state index in [0.717, 1.165) is 29.4 Å². The highest BCUT2D eigenvalue weighted by molar-refractivity contribution is 7.99. The molecule has 0 aliphatic carbocycles. The maximum atomic E-state index is 12.0. The van der Waals surface area contributed by atoms with E-state index in [2.05, 4.69) is 67.5 Å². The van der Waals surface area contributed by atoms with Gasteiger partial charge in [0.2, 0.25) is 5.91 Å². The molecular weight excluding hydrogens is 344 g/mol. The second-order valence-corrected chi connectivity index (χ2v) is 8.68. The summed E-state index contributed by atoms with van der Waals surface area (Å²) in [7, 11) is 1.94. The van der Waals surface area contributed by atoms with Gasteiger partial charge < -0.3 is 9.88 Å². The number of thioether (sulfide) groups is 1. The van der Waals surface area contributed by atoms with Crippen LogP contribution in [0.1, 0.15) is 53.0 Å². The van der Waals surface area contributed by atoms with Crippen LogP contribution in [0.15, 0.2) is 29.4 Å². The average Bonchev–Trinajstić information content (AvgIpc) is 2.93. The van der Waals surface area contributed by atoms with Gasteiger partial charge in [-0.2, -0.15) is 0 Å². The third-order valence-electron chi connectivity index (χ3n) is 4.31. The molecule has 0 bridgehead atoms. The number of rotatable bonds is 7. The number of amides is 1. The Kier molecular flexibility index (Phi) is 6.87. The zero-order chi connectivity index (χ0) is 19.3. The summed E-state index contributed by atoms with van der Waals surface area (Å²) in [6.07, 6.45) is 2.06. The van der Waals surface area contributed by atoms with E-state index in [-0.39, 0.29) is 17.4 Å². The lowest BCUT2D eigenvalue weighted by Gasteiger charge is -2.19. The first-order chi connectivity index (χ1) is 12.2. The van der Waals surface area contributed by atoms with Crippen LogP contribution in [0.3, 0.4) is 0 Å². The van der Waals surface area contributed by atoms with Crippen molar-refractivity contribution in [3.8, 4) is 11.4 Å². The van der Waals surface area contributed by atoms with E-state index in [1.807, 2.05) is 18.5 Å². The van der Waals surface area contributed by atoms with Crippen molar-refractivity contribution in [3.05, 3.63) is 29.8 Å². The zero-order valence-corrected chi connectivity index (χ0v) is 17.5. The number of nitrogens with one attached hydrogen (secondary N) is 1. The standard InChI is InChI=1S/C20H30N4OS/c1-7-8-14(2)21-17(25)13-26-19-23-22-18(24(19)6)15-9-11-16(12-10-15)20(3,4)5/h9-12,14H,7-8,13H2,1-6H3,(H,21,25)/t14-/m1/s1. The van der Waals surface area contributed by atoms with Crippen LogP contribution in [-0.4, -0.2) is 32.5 Å². The number of benzene rings is 1. The highest BCUT2D eigenvalue weighted by atomic mass is 32.2. The van der Waals surface area contributed by atoms with Gasteiger partial charge in [0.05, 0.1) is 5.75 Å².